The SMILES string of the molecule is C#C[C@]1(COP(=O)(O)OP(=O)(O)OP(=O)(O)O)O[C@@H](n2cnc3c([15NH2])[15n][13c](F)[15n]c32)C[C@@H]1O. The Morgan fingerprint density at radius 3 is 2.55 bits per heavy atom. The van der Waals surface area contributed by atoms with Crippen LogP contribution in [0.25, 0.3) is 11.2 Å². The van der Waals surface area contributed by atoms with Gasteiger partial charge in [-0.1, -0.05) is 5.92 Å². The highest BCUT2D eigenvalue weighted by atomic mass is 31.3. The number of aliphatic hydroxyl groups excluding tert-OH is 1. The van der Waals surface area contributed by atoms with Crippen LogP contribution in [0, 0.1) is 18.4 Å². The van der Waals surface area contributed by atoms with Gasteiger partial charge in [-0.3, -0.25) is 9.09 Å². The molecular weight excluding hydrogens is 522 g/mol. The second-order valence-electron chi connectivity index (χ2n) is 6.42. The molecule has 1 aliphatic heterocycles. The molecule has 5 atom stereocenters. The molecule has 0 amide bonds. The van der Waals surface area contributed by atoms with Gasteiger partial charge in [0.05, 0.1) is 6.33 Å². The number of nitrogens with two attached hydrogens (primary N) is 1. The lowest BCUT2D eigenvalue weighted by Crippen LogP contribution is -2.42. The Morgan fingerprint density at radius 1 is 1.27 bits per heavy atom. The van der Waals surface area contributed by atoms with Crippen LogP contribution < -0.4 is 5.73 Å². The molecule has 3 rings (SSSR count). The predicted octanol–water partition coefficient (Wildman–Crippen LogP) is -0.457. The second-order valence-corrected chi connectivity index (χ2v) is 10.8. The number of hydrogen-bond donors (Lipinski definition) is 6. The van der Waals surface area contributed by atoms with Gasteiger partial charge in [0.1, 0.15) is 18.9 Å². The molecule has 0 radical (unpaired) electrons. The monoisotopic (exact) mass is 537 g/mol. The zero-order chi connectivity index (χ0) is 24.8. The van der Waals surface area contributed by atoms with Crippen molar-refractivity contribution in [3.63, 3.8) is 0 Å². The molecule has 21 heteroatoms. The van der Waals surface area contributed by atoms with E-state index in [1.165, 1.54) is 0 Å². The maximum absolute atomic E-state index is 13.6. The van der Waals surface area contributed by atoms with Crippen LogP contribution in [0.5, 0.6) is 0 Å². The summed E-state index contributed by atoms with van der Waals surface area (Å²) in [6, 6.07) is 0. The van der Waals surface area contributed by atoms with E-state index in [4.69, 9.17) is 26.7 Å². The number of hydrogen-bond acceptors (Lipinski definition) is 12. The average molecular weight is 537 g/mol. The number of fused-ring (bicyclic) bond motifs is 1. The maximum Gasteiger partial charge on any atom is 0.490 e. The summed E-state index contributed by atoms with van der Waals surface area (Å²) < 4.78 is 66.0. The Hall–Kier alpha value is -1.83. The molecule has 0 saturated carbocycles. The Morgan fingerprint density at radius 2 is 1.94 bits per heavy atom. The number of phosphoric ester groups is 1. The minimum Gasteiger partial charge on any atom is -0.389 e. The molecule has 7 N–H and O–H groups in total. The van der Waals surface area contributed by atoms with Crippen molar-refractivity contribution in [1.82, 2.24) is 19.5 Å². The number of halogens is 1. The van der Waals surface area contributed by atoms with Crippen LogP contribution in [-0.2, 0) is 31.6 Å². The molecule has 33 heavy (non-hydrogen) atoms. The molecule has 0 spiro atoms. The number of rotatable bonds is 8. The standard InChI is InChI=1S/C12H15FN5O12P3/c1-2-12(4-27-32(23,24)30-33(25,26)29-31(20,21)22)6(19)3-7(28-12)18-5-15-8-9(14)16-11(13)17-10(8)18/h1,5-7,19H,3-4H2,(H,23,24)(H,25,26)(H2,14,16,17)(H2,20,21,22)/t6-,7+,12+/m0/s1/i11+1,14+1,16+1,17+1. The fourth-order valence-corrected chi connectivity index (χ4v) is 5.87. The smallest absolute Gasteiger partial charge is 0.389 e. The first kappa shape index (κ1) is 25.8. The summed E-state index contributed by atoms with van der Waals surface area (Å²) in [4.78, 5) is 46.6. The molecule has 0 aromatic carbocycles. The molecule has 3 heterocycles. The minimum atomic E-state index is -5.76. The van der Waals surface area contributed by atoms with E-state index in [-0.39, 0.29) is 23.4 Å². The predicted molar refractivity (Wildman–Crippen MR) is 102 cm³/mol. The van der Waals surface area contributed by atoms with E-state index in [0.717, 1.165) is 10.9 Å². The number of nitrogens with zero attached hydrogens (tertiary/aromatic N) is 4. The lowest BCUT2D eigenvalue weighted by atomic mass is 9.99. The number of nitrogen functional groups attached to an aromatic ring is 1. The van der Waals surface area contributed by atoms with Crippen LogP contribution in [0.3, 0.4) is 0 Å². The Balaban J connectivity index is 1.78. The summed E-state index contributed by atoms with van der Waals surface area (Å²) in [7, 11) is -16.9. The van der Waals surface area contributed by atoms with Gasteiger partial charge >= 0.3 is 29.5 Å². The Labute approximate surface area is 182 Å². The van der Waals surface area contributed by atoms with Gasteiger partial charge in [-0.25, -0.2) is 18.7 Å². The van der Waals surface area contributed by atoms with Gasteiger partial charge in [0.15, 0.2) is 22.6 Å². The number of ether oxygens (including phenoxy) is 1. The third-order valence-electron chi connectivity index (χ3n) is 4.14. The minimum absolute atomic E-state index is 0.0148. The Bertz CT molecular complexity index is 1260. The first-order valence-corrected chi connectivity index (χ1v) is 12.9. The summed E-state index contributed by atoms with van der Waals surface area (Å²) in [5.74, 6) is 1.75. The van der Waals surface area contributed by atoms with Crippen LogP contribution in [0.1, 0.15) is 12.6 Å². The van der Waals surface area contributed by atoms with E-state index in [9.17, 15) is 33.0 Å². The zero-order valence-electron chi connectivity index (χ0n) is 15.9. The molecule has 2 unspecified atom stereocenters. The summed E-state index contributed by atoms with van der Waals surface area (Å²) in [5, 5.41) is 10.4. The molecule has 1 saturated heterocycles. The molecule has 2 aromatic rings. The highest BCUT2D eigenvalue weighted by Crippen LogP contribution is 2.66. The van der Waals surface area contributed by atoms with Crippen molar-refractivity contribution in [2.45, 2.75) is 24.4 Å². The molecule has 0 aliphatic carbocycles. The second kappa shape index (κ2) is 8.75. The number of anilines is 1. The van der Waals surface area contributed by atoms with Gasteiger partial charge in [-0.2, -0.15) is 23.0 Å². The van der Waals surface area contributed by atoms with Crippen molar-refractivity contribution in [1.29, 1.82) is 0 Å². The largest absolute Gasteiger partial charge is 0.490 e. The molecule has 17 nitrogen and oxygen atoms in total. The van der Waals surface area contributed by atoms with E-state index in [1.807, 2.05) is 5.92 Å². The van der Waals surface area contributed by atoms with Gasteiger partial charge in [0.2, 0.25) is 0 Å². The van der Waals surface area contributed by atoms with Crippen LogP contribution in [0.15, 0.2) is 6.33 Å². The average Bonchev–Trinajstić information content (AvgIpc) is 3.18. The van der Waals surface area contributed by atoms with E-state index < -0.39 is 54.1 Å². The first-order chi connectivity index (χ1) is 15.1. The van der Waals surface area contributed by atoms with Gasteiger partial charge < -0.3 is 35.2 Å². The van der Waals surface area contributed by atoms with Gasteiger partial charge in [-0.05, 0) is 0 Å². The van der Waals surface area contributed by atoms with Crippen LogP contribution in [0.4, 0.5) is 10.2 Å². The third kappa shape index (κ3) is 5.81. The molecule has 1 fully saturated rings. The van der Waals surface area contributed by atoms with Crippen molar-refractivity contribution >= 4 is 40.4 Å². The lowest BCUT2D eigenvalue weighted by Gasteiger charge is -2.27. The number of imidazole rings is 1. The lowest BCUT2D eigenvalue weighted by molar-refractivity contribution is -0.0874. The summed E-state index contributed by atoms with van der Waals surface area (Å²) in [6.45, 7) is -1.11. The normalized spacial score (nSPS) is 27.2. The third-order valence-corrected chi connectivity index (χ3v) is 7.93. The molecular formula is C12H15FN5O12P3. The summed E-state index contributed by atoms with van der Waals surface area (Å²) in [5.41, 5.74) is 3.34. The number of aliphatic hydroxyl groups is 1. The van der Waals surface area contributed by atoms with Crippen molar-refractivity contribution in [3.05, 3.63) is 12.4 Å². The first-order valence-electron chi connectivity index (χ1n) is 8.34. The van der Waals surface area contributed by atoms with Crippen molar-refractivity contribution < 1.29 is 60.6 Å². The topological polar surface area (TPSA) is 259 Å². The molecule has 182 valence electrons. The van der Waals surface area contributed by atoms with E-state index in [0.29, 0.717) is 0 Å². The Kier molecular flexibility index (Phi) is 6.84. The fourth-order valence-electron chi connectivity index (χ4n) is 2.83. The van der Waals surface area contributed by atoms with E-state index in [2.05, 4.69) is 28.1 Å². The van der Waals surface area contributed by atoms with Gasteiger partial charge in [-0.15, -0.1) is 6.42 Å². The maximum atomic E-state index is 13.6. The highest BCUT2D eigenvalue weighted by Gasteiger charge is 2.51. The van der Waals surface area contributed by atoms with Crippen LogP contribution in [-0.4, -0.2) is 62.5 Å². The van der Waals surface area contributed by atoms with Crippen molar-refractivity contribution in [2.24, 2.45) is 0 Å². The van der Waals surface area contributed by atoms with E-state index in [1.54, 1.807) is 0 Å². The summed E-state index contributed by atoms with van der Waals surface area (Å²) >= 11 is 0. The van der Waals surface area contributed by atoms with E-state index >= 15 is 0 Å². The highest BCUT2D eigenvalue weighted by molar-refractivity contribution is 7.66. The number of phosphoric acid groups is 3. The summed E-state index contributed by atoms with van der Waals surface area (Å²) in [6.07, 6.45) is 2.36. The van der Waals surface area contributed by atoms with Crippen molar-refractivity contribution in [2.75, 3.05) is 12.3 Å². The molecule has 1 aliphatic rings. The van der Waals surface area contributed by atoms with Crippen molar-refractivity contribution in [3.8, 4) is 12.3 Å². The van der Waals surface area contributed by atoms with Gasteiger partial charge in [0.25, 0.3) is 0 Å². The van der Waals surface area contributed by atoms with Crippen LogP contribution >= 0.6 is 23.5 Å². The molecule has 2 aromatic heterocycles. The van der Waals surface area contributed by atoms with Gasteiger partial charge in [0, 0.05) is 6.42 Å². The zero-order valence-corrected chi connectivity index (χ0v) is 18.6. The quantitative estimate of drug-likeness (QED) is 0.108. The van der Waals surface area contributed by atoms with Crippen LogP contribution in [0.2, 0.25) is 0 Å². The number of terminal acetylenes is 1. The fraction of sp³-hybridized carbons (Fsp3) is 0.417. The number of aromatic nitrogens is 4. The molecule has 0 bridgehead atoms.